The standard InChI is InChI=1S/C14H21N3O/c1-11(2)10-17-13(8-9-15-17)16-14(18)12-6-4-3-5-7-12/h3-4,8-9,11-12H,5-7,10H2,1-2H3,(H,16,18). The SMILES string of the molecule is CC(C)Cn1nccc1NC(=O)C1CC=CCC1. The Labute approximate surface area is 108 Å². The molecular formula is C14H21N3O. The van der Waals surface area contributed by atoms with Crippen LogP contribution in [0.1, 0.15) is 33.1 Å². The highest BCUT2D eigenvalue weighted by Crippen LogP contribution is 2.20. The van der Waals surface area contributed by atoms with E-state index < -0.39 is 0 Å². The maximum absolute atomic E-state index is 12.1. The van der Waals surface area contributed by atoms with E-state index in [9.17, 15) is 4.79 Å². The van der Waals surface area contributed by atoms with Gasteiger partial charge in [-0.2, -0.15) is 5.10 Å². The molecule has 1 N–H and O–H groups in total. The van der Waals surface area contributed by atoms with E-state index in [-0.39, 0.29) is 11.8 Å². The molecule has 0 aliphatic heterocycles. The fourth-order valence-electron chi connectivity index (χ4n) is 2.19. The average molecular weight is 247 g/mol. The number of rotatable bonds is 4. The van der Waals surface area contributed by atoms with Gasteiger partial charge in [0.25, 0.3) is 0 Å². The number of anilines is 1. The molecular weight excluding hydrogens is 226 g/mol. The zero-order valence-corrected chi connectivity index (χ0v) is 11.1. The van der Waals surface area contributed by atoms with Gasteiger partial charge in [0.2, 0.25) is 5.91 Å². The van der Waals surface area contributed by atoms with Crippen LogP contribution in [0.3, 0.4) is 0 Å². The molecule has 1 aliphatic carbocycles. The number of hydrogen-bond donors (Lipinski definition) is 1. The molecule has 4 nitrogen and oxygen atoms in total. The van der Waals surface area contributed by atoms with Crippen molar-refractivity contribution in [2.45, 2.75) is 39.7 Å². The number of aromatic nitrogens is 2. The second kappa shape index (κ2) is 5.85. The van der Waals surface area contributed by atoms with Gasteiger partial charge in [-0.05, 0) is 25.2 Å². The van der Waals surface area contributed by atoms with E-state index in [0.29, 0.717) is 5.92 Å². The van der Waals surface area contributed by atoms with E-state index >= 15 is 0 Å². The molecule has 0 saturated carbocycles. The predicted molar refractivity (Wildman–Crippen MR) is 72.2 cm³/mol. The van der Waals surface area contributed by atoms with Gasteiger partial charge >= 0.3 is 0 Å². The number of nitrogens with one attached hydrogen (secondary N) is 1. The topological polar surface area (TPSA) is 46.9 Å². The lowest BCUT2D eigenvalue weighted by Crippen LogP contribution is -2.25. The van der Waals surface area contributed by atoms with Crippen molar-refractivity contribution in [3.05, 3.63) is 24.4 Å². The summed E-state index contributed by atoms with van der Waals surface area (Å²) in [7, 11) is 0. The summed E-state index contributed by atoms with van der Waals surface area (Å²) in [5.74, 6) is 1.55. The van der Waals surface area contributed by atoms with Crippen molar-refractivity contribution in [3.8, 4) is 0 Å². The van der Waals surface area contributed by atoms with Crippen LogP contribution in [0.5, 0.6) is 0 Å². The summed E-state index contributed by atoms with van der Waals surface area (Å²) in [6.45, 7) is 5.10. The molecule has 18 heavy (non-hydrogen) atoms. The van der Waals surface area contributed by atoms with Crippen LogP contribution >= 0.6 is 0 Å². The zero-order valence-electron chi connectivity index (χ0n) is 11.1. The van der Waals surface area contributed by atoms with Gasteiger partial charge < -0.3 is 5.32 Å². The van der Waals surface area contributed by atoms with E-state index in [0.717, 1.165) is 31.6 Å². The van der Waals surface area contributed by atoms with Crippen molar-refractivity contribution in [1.29, 1.82) is 0 Å². The van der Waals surface area contributed by atoms with Crippen LogP contribution < -0.4 is 5.32 Å². The number of allylic oxidation sites excluding steroid dienone is 2. The molecule has 0 radical (unpaired) electrons. The Morgan fingerprint density at radius 2 is 2.39 bits per heavy atom. The maximum atomic E-state index is 12.1. The molecule has 0 aromatic carbocycles. The summed E-state index contributed by atoms with van der Waals surface area (Å²) in [6.07, 6.45) is 8.78. The number of carbonyl (C=O) groups excluding carboxylic acids is 1. The lowest BCUT2D eigenvalue weighted by molar-refractivity contribution is -0.120. The van der Waals surface area contributed by atoms with Crippen LogP contribution in [0.2, 0.25) is 0 Å². The maximum Gasteiger partial charge on any atom is 0.228 e. The van der Waals surface area contributed by atoms with Crippen molar-refractivity contribution in [2.75, 3.05) is 5.32 Å². The monoisotopic (exact) mass is 247 g/mol. The van der Waals surface area contributed by atoms with Gasteiger partial charge in [0.1, 0.15) is 5.82 Å². The highest BCUT2D eigenvalue weighted by atomic mass is 16.2. The second-order valence-corrected chi connectivity index (χ2v) is 5.26. The van der Waals surface area contributed by atoms with Gasteiger partial charge in [-0.1, -0.05) is 26.0 Å². The first-order valence-electron chi connectivity index (χ1n) is 6.64. The summed E-state index contributed by atoms with van der Waals surface area (Å²) in [6, 6.07) is 1.86. The third-order valence-corrected chi connectivity index (χ3v) is 3.15. The molecule has 0 spiro atoms. The minimum Gasteiger partial charge on any atom is -0.311 e. The van der Waals surface area contributed by atoms with E-state index in [2.05, 4.69) is 36.4 Å². The highest BCUT2D eigenvalue weighted by Gasteiger charge is 2.19. The summed E-state index contributed by atoms with van der Waals surface area (Å²) < 4.78 is 1.86. The fourth-order valence-corrected chi connectivity index (χ4v) is 2.19. The van der Waals surface area contributed by atoms with Crippen LogP contribution in [0.25, 0.3) is 0 Å². The van der Waals surface area contributed by atoms with Crippen molar-refractivity contribution in [3.63, 3.8) is 0 Å². The quantitative estimate of drug-likeness (QED) is 0.832. The van der Waals surface area contributed by atoms with E-state index in [1.165, 1.54) is 0 Å². The van der Waals surface area contributed by atoms with Crippen molar-refractivity contribution < 1.29 is 4.79 Å². The molecule has 1 atom stereocenters. The van der Waals surface area contributed by atoms with Gasteiger partial charge in [-0.3, -0.25) is 4.79 Å². The van der Waals surface area contributed by atoms with Crippen molar-refractivity contribution in [1.82, 2.24) is 9.78 Å². The van der Waals surface area contributed by atoms with Crippen LogP contribution in [-0.4, -0.2) is 15.7 Å². The highest BCUT2D eigenvalue weighted by molar-refractivity contribution is 5.91. The van der Waals surface area contributed by atoms with Crippen molar-refractivity contribution in [2.24, 2.45) is 11.8 Å². The molecule has 0 fully saturated rings. The first-order chi connectivity index (χ1) is 8.66. The molecule has 0 saturated heterocycles. The van der Waals surface area contributed by atoms with Gasteiger partial charge in [0.05, 0.1) is 6.20 Å². The van der Waals surface area contributed by atoms with Gasteiger partial charge in [-0.25, -0.2) is 4.68 Å². The molecule has 1 aromatic heterocycles. The Kier molecular flexibility index (Phi) is 4.18. The minimum absolute atomic E-state index is 0.109. The van der Waals surface area contributed by atoms with Gasteiger partial charge in [0, 0.05) is 18.5 Å². The lowest BCUT2D eigenvalue weighted by atomic mass is 9.94. The van der Waals surface area contributed by atoms with Crippen LogP contribution in [0.4, 0.5) is 5.82 Å². The number of nitrogens with zero attached hydrogens (tertiary/aromatic N) is 2. The normalized spacial score (nSPS) is 19.2. The Morgan fingerprint density at radius 1 is 1.56 bits per heavy atom. The summed E-state index contributed by atoms with van der Waals surface area (Å²) in [5.41, 5.74) is 0. The third-order valence-electron chi connectivity index (χ3n) is 3.15. The summed E-state index contributed by atoms with van der Waals surface area (Å²) in [5, 5.41) is 7.24. The fraction of sp³-hybridized carbons (Fsp3) is 0.571. The molecule has 2 rings (SSSR count). The van der Waals surface area contributed by atoms with Crippen LogP contribution in [0.15, 0.2) is 24.4 Å². The number of amides is 1. The molecule has 98 valence electrons. The second-order valence-electron chi connectivity index (χ2n) is 5.26. The Hall–Kier alpha value is -1.58. The lowest BCUT2D eigenvalue weighted by Gasteiger charge is -2.18. The van der Waals surface area contributed by atoms with E-state index in [1.807, 2.05) is 10.7 Å². The molecule has 1 amide bonds. The molecule has 1 heterocycles. The van der Waals surface area contributed by atoms with E-state index in [1.54, 1.807) is 6.20 Å². The average Bonchev–Trinajstić information content (AvgIpc) is 2.77. The molecule has 1 aromatic rings. The predicted octanol–water partition coefficient (Wildman–Crippen LogP) is 2.83. The van der Waals surface area contributed by atoms with Gasteiger partial charge in [0.15, 0.2) is 0 Å². The van der Waals surface area contributed by atoms with Crippen LogP contribution in [0, 0.1) is 11.8 Å². The Balaban J connectivity index is 1.98. The smallest absolute Gasteiger partial charge is 0.228 e. The first kappa shape index (κ1) is 12.9. The molecule has 4 heteroatoms. The third kappa shape index (κ3) is 3.22. The zero-order chi connectivity index (χ0) is 13.0. The van der Waals surface area contributed by atoms with Crippen LogP contribution in [-0.2, 0) is 11.3 Å². The Morgan fingerprint density at radius 3 is 3.06 bits per heavy atom. The van der Waals surface area contributed by atoms with Crippen molar-refractivity contribution >= 4 is 11.7 Å². The molecule has 0 bridgehead atoms. The molecule has 1 unspecified atom stereocenters. The number of carbonyl (C=O) groups is 1. The summed E-state index contributed by atoms with van der Waals surface area (Å²) >= 11 is 0. The largest absolute Gasteiger partial charge is 0.311 e. The first-order valence-corrected chi connectivity index (χ1v) is 6.64. The number of hydrogen-bond acceptors (Lipinski definition) is 2. The van der Waals surface area contributed by atoms with E-state index in [4.69, 9.17) is 0 Å². The minimum atomic E-state index is 0.109. The van der Waals surface area contributed by atoms with Gasteiger partial charge in [-0.15, -0.1) is 0 Å². The summed E-state index contributed by atoms with van der Waals surface area (Å²) in [4.78, 5) is 12.1. The molecule has 1 aliphatic rings. The Bertz CT molecular complexity index is 434.